The van der Waals surface area contributed by atoms with E-state index in [1.54, 1.807) is 24.3 Å². The van der Waals surface area contributed by atoms with Crippen LogP contribution in [0.5, 0.6) is 0 Å². The molecule has 0 aliphatic rings. The average Bonchev–Trinajstić information content (AvgIpc) is 2.37. The molecular formula is C14H20N4O. The van der Waals surface area contributed by atoms with E-state index in [-0.39, 0.29) is 18.5 Å². The maximum Gasteiger partial charge on any atom is 0.238 e. The molecule has 1 aromatic carbocycles. The lowest BCUT2D eigenvalue weighted by Gasteiger charge is -2.24. The van der Waals surface area contributed by atoms with Gasteiger partial charge in [-0.2, -0.15) is 5.26 Å². The highest BCUT2D eigenvalue weighted by Crippen LogP contribution is 2.10. The van der Waals surface area contributed by atoms with E-state index in [4.69, 9.17) is 11.0 Å². The van der Waals surface area contributed by atoms with E-state index in [2.05, 4.69) is 11.4 Å². The van der Waals surface area contributed by atoms with Gasteiger partial charge in [-0.15, -0.1) is 0 Å². The average molecular weight is 260 g/mol. The highest BCUT2D eigenvalue weighted by Gasteiger charge is 2.13. The summed E-state index contributed by atoms with van der Waals surface area (Å²) in [4.78, 5) is 13.9. The number of nitrogen functional groups attached to an aromatic ring is 1. The van der Waals surface area contributed by atoms with Crippen molar-refractivity contribution in [1.29, 1.82) is 5.26 Å². The van der Waals surface area contributed by atoms with Crippen molar-refractivity contribution < 1.29 is 4.79 Å². The van der Waals surface area contributed by atoms with Crippen LogP contribution < -0.4 is 11.1 Å². The zero-order chi connectivity index (χ0) is 14.3. The first kappa shape index (κ1) is 15.0. The third-order valence-electron chi connectivity index (χ3n) is 2.78. The number of amides is 1. The third-order valence-corrected chi connectivity index (χ3v) is 2.78. The Kier molecular flexibility index (Phi) is 5.83. The van der Waals surface area contributed by atoms with Gasteiger partial charge in [-0.25, -0.2) is 0 Å². The monoisotopic (exact) mass is 260 g/mol. The van der Waals surface area contributed by atoms with Gasteiger partial charge in [-0.1, -0.05) is 0 Å². The SMILES string of the molecule is CC(C)N(CCC#N)CC(=O)Nc1ccc(N)cc1. The van der Waals surface area contributed by atoms with Gasteiger partial charge in [0.05, 0.1) is 12.6 Å². The first-order valence-electron chi connectivity index (χ1n) is 6.29. The summed E-state index contributed by atoms with van der Waals surface area (Å²) in [5.74, 6) is -0.0867. The normalized spacial score (nSPS) is 10.5. The second-order valence-electron chi connectivity index (χ2n) is 4.64. The quantitative estimate of drug-likeness (QED) is 0.764. The Balaban J connectivity index is 2.53. The Hall–Kier alpha value is -2.06. The van der Waals surface area contributed by atoms with Crippen LogP contribution in [-0.4, -0.2) is 29.9 Å². The van der Waals surface area contributed by atoms with E-state index >= 15 is 0 Å². The number of carbonyl (C=O) groups excluding carboxylic acids is 1. The fourth-order valence-electron chi connectivity index (χ4n) is 1.66. The number of benzene rings is 1. The van der Waals surface area contributed by atoms with Gasteiger partial charge in [-0.05, 0) is 38.1 Å². The molecule has 0 heterocycles. The number of anilines is 2. The molecule has 5 heteroatoms. The molecule has 19 heavy (non-hydrogen) atoms. The summed E-state index contributed by atoms with van der Waals surface area (Å²) in [6, 6.07) is 9.34. The maximum atomic E-state index is 11.9. The van der Waals surface area contributed by atoms with Gasteiger partial charge in [0.15, 0.2) is 0 Å². The van der Waals surface area contributed by atoms with Gasteiger partial charge in [0.25, 0.3) is 0 Å². The van der Waals surface area contributed by atoms with Crippen molar-refractivity contribution in [3.05, 3.63) is 24.3 Å². The summed E-state index contributed by atoms with van der Waals surface area (Å²) in [7, 11) is 0. The van der Waals surface area contributed by atoms with Crippen LogP contribution in [0.4, 0.5) is 11.4 Å². The van der Waals surface area contributed by atoms with Crippen molar-refractivity contribution >= 4 is 17.3 Å². The molecule has 0 spiro atoms. The molecule has 102 valence electrons. The molecule has 0 saturated heterocycles. The van der Waals surface area contributed by atoms with Crippen LogP contribution >= 0.6 is 0 Å². The molecule has 1 amide bonds. The zero-order valence-electron chi connectivity index (χ0n) is 11.4. The largest absolute Gasteiger partial charge is 0.399 e. The minimum absolute atomic E-state index is 0.0867. The summed E-state index contributed by atoms with van der Waals surface area (Å²) in [5, 5.41) is 11.4. The maximum absolute atomic E-state index is 11.9. The minimum atomic E-state index is -0.0867. The van der Waals surface area contributed by atoms with Crippen LogP contribution in [-0.2, 0) is 4.79 Å². The molecule has 0 radical (unpaired) electrons. The van der Waals surface area contributed by atoms with E-state index in [1.807, 2.05) is 18.7 Å². The Labute approximate surface area is 114 Å². The van der Waals surface area contributed by atoms with Crippen molar-refractivity contribution in [2.24, 2.45) is 0 Å². The van der Waals surface area contributed by atoms with Gasteiger partial charge in [-0.3, -0.25) is 9.69 Å². The number of nitrogens with two attached hydrogens (primary N) is 1. The summed E-state index contributed by atoms with van der Waals surface area (Å²) in [5.41, 5.74) is 6.97. The van der Waals surface area contributed by atoms with Crippen LogP contribution in [0.15, 0.2) is 24.3 Å². The Morgan fingerprint density at radius 2 is 2.05 bits per heavy atom. The van der Waals surface area contributed by atoms with Gasteiger partial charge in [0, 0.05) is 30.4 Å². The summed E-state index contributed by atoms with van der Waals surface area (Å²) >= 11 is 0. The minimum Gasteiger partial charge on any atom is -0.399 e. The smallest absolute Gasteiger partial charge is 0.238 e. The van der Waals surface area contributed by atoms with Crippen molar-refractivity contribution in [2.75, 3.05) is 24.1 Å². The van der Waals surface area contributed by atoms with Crippen molar-refractivity contribution in [3.8, 4) is 6.07 Å². The molecule has 0 fully saturated rings. The Morgan fingerprint density at radius 3 is 2.58 bits per heavy atom. The summed E-state index contributed by atoms with van der Waals surface area (Å²) < 4.78 is 0. The number of hydrogen-bond donors (Lipinski definition) is 2. The number of rotatable bonds is 6. The van der Waals surface area contributed by atoms with E-state index in [9.17, 15) is 4.79 Å². The van der Waals surface area contributed by atoms with Gasteiger partial charge >= 0.3 is 0 Å². The second kappa shape index (κ2) is 7.39. The highest BCUT2D eigenvalue weighted by molar-refractivity contribution is 5.92. The number of hydrogen-bond acceptors (Lipinski definition) is 4. The third kappa shape index (κ3) is 5.40. The molecular weight excluding hydrogens is 240 g/mol. The van der Waals surface area contributed by atoms with E-state index in [0.717, 1.165) is 5.69 Å². The fourth-order valence-corrected chi connectivity index (χ4v) is 1.66. The van der Waals surface area contributed by atoms with Crippen molar-refractivity contribution in [2.45, 2.75) is 26.3 Å². The van der Waals surface area contributed by atoms with E-state index in [1.165, 1.54) is 0 Å². The number of nitrogens with one attached hydrogen (secondary N) is 1. The van der Waals surface area contributed by atoms with Crippen molar-refractivity contribution in [1.82, 2.24) is 4.90 Å². The molecule has 0 aromatic heterocycles. The molecule has 1 aromatic rings. The first-order chi connectivity index (χ1) is 9.02. The number of nitriles is 1. The molecule has 0 aliphatic carbocycles. The van der Waals surface area contributed by atoms with Crippen LogP contribution in [0.2, 0.25) is 0 Å². The van der Waals surface area contributed by atoms with Gasteiger partial charge in [0.1, 0.15) is 0 Å². The predicted octanol–water partition coefficient (Wildman–Crippen LogP) is 1.83. The van der Waals surface area contributed by atoms with E-state index in [0.29, 0.717) is 18.7 Å². The first-order valence-corrected chi connectivity index (χ1v) is 6.29. The molecule has 0 unspecified atom stereocenters. The van der Waals surface area contributed by atoms with Crippen LogP contribution in [0, 0.1) is 11.3 Å². The topological polar surface area (TPSA) is 82.2 Å². The number of nitrogens with zero attached hydrogens (tertiary/aromatic N) is 2. The molecule has 0 atom stereocenters. The van der Waals surface area contributed by atoms with Crippen LogP contribution in [0.3, 0.4) is 0 Å². The standard InChI is InChI=1S/C14H20N4O/c1-11(2)18(9-3-8-15)10-14(19)17-13-6-4-12(16)5-7-13/h4-7,11H,3,9-10,16H2,1-2H3,(H,17,19). The molecule has 5 nitrogen and oxygen atoms in total. The van der Waals surface area contributed by atoms with E-state index < -0.39 is 0 Å². The molecule has 1 rings (SSSR count). The lowest BCUT2D eigenvalue weighted by Crippen LogP contribution is -2.38. The van der Waals surface area contributed by atoms with Crippen LogP contribution in [0.1, 0.15) is 20.3 Å². The molecule has 0 aliphatic heterocycles. The van der Waals surface area contributed by atoms with Gasteiger partial charge in [0.2, 0.25) is 5.91 Å². The fraction of sp³-hybridized carbons (Fsp3) is 0.429. The Bertz CT molecular complexity index is 448. The highest BCUT2D eigenvalue weighted by atomic mass is 16.2. The lowest BCUT2D eigenvalue weighted by atomic mass is 10.2. The van der Waals surface area contributed by atoms with Gasteiger partial charge < -0.3 is 11.1 Å². The molecule has 0 saturated carbocycles. The van der Waals surface area contributed by atoms with Crippen LogP contribution in [0.25, 0.3) is 0 Å². The lowest BCUT2D eigenvalue weighted by molar-refractivity contribution is -0.117. The second-order valence-corrected chi connectivity index (χ2v) is 4.64. The predicted molar refractivity (Wildman–Crippen MR) is 76.4 cm³/mol. The zero-order valence-corrected chi connectivity index (χ0v) is 11.4. The Morgan fingerprint density at radius 1 is 1.42 bits per heavy atom. The number of carbonyl (C=O) groups is 1. The summed E-state index contributed by atoms with van der Waals surface area (Å²) in [6.07, 6.45) is 0.424. The summed E-state index contributed by atoms with van der Waals surface area (Å²) in [6.45, 7) is 4.90. The molecule has 0 bridgehead atoms. The van der Waals surface area contributed by atoms with Crippen molar-refractivity contribution in [3.63, 3.8) is 0 Å². The molecule has 3 N–H and O–H groups in total.